The Balaban J connectivity index is 1.98. The number of benzene rings is 1. The Labute approximate surface area is 198 Å². The first-order valence-corrected chi connectivity index (χ1v) is 10.4. The molecule has 0 saturated heterocycles. The lowest BCUT2D eigenvalue weighted by molar-refractivity contribution is -0.141. The summed E-state index contributed by atoms with van der Waals surface area (Å²) in [5.41, 5.74) is -2.91. The molecule has 0 unspecified atom stereocenters. The molecule has 7 nitrogen and oxygen atoms in total. The van der Waals surface area contributed by atoms with Gasteiger partial charge in [-0.3, -0.25) is 9.78 Å². The number of pyridine rings is 1. The lowest BCUT2D eigenvalue weighted by Gasteiger charge is -2.12. The van der Waals surface area contributed by atoms with Crippen molar-refractivity contribution in [3.05, 3.63) is 75.5 Å². The van der Waals surface area contributed by atoms with Crippen molar-refractivity contribution in [1.29, 1.82) is 0 Å². The van der Waals surface area contributed by atoms with E-state index in [1.54, 1.807) is 0 Å². The number of aryl methyl sites for hydroxylation is 1. The predicted molar refractivity (Wildman–Crippen MR) is 115 cm³/mol. The van der Waals surface area contributed by atoms with Gasteiger partial charge in [0.2, 0.25) is 0 Å². The Morgan fingerprint density at radius 2 is 1.64 bits per heavy atom. The number of hydrogen-bond acceptors (Lipinski definition) is 5. The molecule has 0 spiro atoms. The number of H-pyrrole nitrogens is 1. The lowest BCUT2D eigenvalue weighted by Crippen LogP contribution is -2.26. The standard InChI is InChI=1S/C23H16F6N4O3/c1-3-36-21(35)17-18(13-6-9-15(30-10-13)23(27,28)29)31-19-16(11(2)32-33(19)20(17)34)12-4-7-14(8-5-12)22(24,25)26/h4-10,31H,3H2,1-2H3. The quantitative estimate of drug-likeness (QED) is 0.298. The number of esters is 1. The van der Waals surface area contributed by atoms with Crippen LogP contribution in [0.15, 0.2) is 47.4 Å². The second kappa shape index (κ2) is 8.81. The number of hydrogen-bond donors (Lipinski definition) is 1. The number of rotatable bonds is 4. The van der Waals surface area contributed by atoms with E-state index in [0.29, 0.717) is 6.07 Å². The Hall–Kier alpha value is -4.16. The maximum absolute atomic E-state index is 13.3. The third-order valence-corrected chi connectivity index (χ3v) is 5.28. The largest absolute Gasteiger partial charge is 0.462 e. The number of ether oxygens (including phenoxy) is 1. The van der Waals surface area contributed by atoms with Crippen LogP contribution >= 0.6 is 0 Å². The van der Waals surface area contributed by atoms with Gasteiger partial charge in [-0.15, -0.1) is 0 Å². The molecule has 0 saturated carbocycles. The van der Waals surface area contributed by atoms with Crippen molar-refractivity contribution in [3.63, 3.8) is 0 Å². The Kier molecular flexibility index (Phi) is 6.10. The van der Waals surface area contributed by atoms with Crippen molar-refractivity contribution in [2.75, 3.05) is 6.61 Å². The van der Waals surface area contributed by atoms with E-state index < -0.39 is 40.7 Å². The van der Waals surface area contributed by atoms with Crippen LogP contribution in [-0.2, 0) is 17.1 Å². The molecule has 0 aliphatic heterocycles. The van der Waals surface area contributed by atoms with Crippen LogP contribution in [-0.4, -0.2) is 32.2 Å². The van der Waals surface area contributed by atoms with Gasteiger partial charge in [-0.2, -0.15) is 36.0 Å². The van der Waals surface area contributed by atoms with Gasteiger partial charge >= 0.3 is 18.3 Å². The van der Waals surface area contributed by atoms with Gasteiger partial charge in [0.05, 0.1) is 23.6 Å². The number of aromatic nitrogens is 4. The van der Waals surface area contributed by atoms with Crippen molar-refractivity contribution in [1.82, 2.24) is 19.6 Å². The van der Waals surface area contributed by atoms with Gasteiger partial charge in [-0.25, -0.2) is 4.79 Å². The Morgan fingerprint density at radius 3 is 2.17 bits per heavy atom. The smallest absolute Gasteiger partial charge is 0.433 e. The van der Waals surface area contributed by atoms with Crippen LogP contribution in [0.5, 0.6) is 0 Å². The molecule has 188 valence electrons. The number of aromatic amines is 1. The van der Waals surface area contributed by atoms with Crippen molar-refractivity contribution < 1.29 is 35.9 Å². The normalized spacial score (nSPS) is 12.2. The van der Waals surface area contributed by atoms with Crippen molar-refractivity contribution in [2.45, 2.75) is 26.2 Å². The van der Waals surface area contributed by atoms with Crippen LogP contribution in [0.4, 0.5) is 26.3 Å². The fraction of sp³-hybridized carbons (Fsp3) is 0.217. The van der Waals surface area contributed by atoms with E-state index in [4.69, 9.17) is 4.74 Å². The number of alkyl halides is 6. The van der Waals surface area contributed by atoms with Gasteiger partial charge in [0.1, 0.15) is 11.3 Å². The van der Waals surface area contributed by atoms with Gasteiger partial charge in [0.15, 0.2) is 5.56 Å². The first-order valence-electron chi connectivity index (χ1n) is 10.4. The highest BCUT2D eigenvalue weighted by Gasteiger charge is 2.33. The Bertz CT molecular complexity index is 1500. The SMILES string of the molecule is CCOC(=O)c1c(-c2ccc(C(F)(F)F)nc2)[nH]c2c(-c3ccc(C(F)(F)F)cc3)c(C)nn2c1=O. The van der Waals surface area contributed by atoms with E-state index in [0.717, 1.165) is 28.9 Å². The molecule has 0 radical (unpaired) electrons. The monoisotopic (exact) mass is 510 g/mol. The summed E-state index contributed by atoms with van der Waals surface area (Å²) in [4.78, 5) is 32.1. The molecule has 4 rings (SSSR count). The molecular formula is C23H16F6N4O3. The molecule has 0 aliphatic carbocycles. The lowest BCUT2D eigenvalue weighted by atomic mass is 10.0. The van der Waals surface area contributed by atoms with Crippen LogP contribution in [0, 0.1) is 6.92 Å². The number of carbonyl (C=O) groups is 1. The first kappa shape index (κ1) is 24.9. The Morgan fingerprint density at radius 1 is 1.00 bits per heavy atom. The molecule has 4 aromatic rings. The summed E-state index contributed by atoms with van der Waals surface area (Å²) in [5.74, 6) is -1.04. The van der Waals surface area contributed by atoms with Crippen LogP contribution < -0.4 is 5.56 Å². The number of carbonyl (C=O) groups excluding carboxylic acids is 1. The topological polar surface area (TPSA) is 89.3 Å². The molecule has 3 aromatic heterocycles. The van der Waals surface area contributed by atoms with Crippen LogP contribution in [0.2, 0.25) is 0 Å². The summed E-state index contributed by atoms with van der Waals surface area (Å²) >= 11 is 0. The summed E-state index contributed by atoms with van der Waals surface area (Å²) in [5, 5.41) is 4.12. The molecule has 1 aromatic carbocycles. The van der Waals surface area contributed by atoms with Crippen LogP contribution in [0.25, 0.3) is 28.0 Å². The van der Waals surface area contributed by atoms with E-state index >= 15 is 0 Å². The maximum atomic E-state index is 13.3. The van der Waals surface area contributed by atoms with E-state index in [2.05, 4.69) is 15.1 Å². The summed E-state index contributed by atoms with van der Waals surface area (Å²) < 4.78 is 83.7. The average molecular weight is 510 g/mol. The molecule has 0 aliphatic rings. The minimum Gasteiger partial charge on any atom is -0.462 e. The van der Waals surface area contributed by atoms with E-state index in [1.807, 2.05) is 0 Å². The zero-order valence-electron chi connectivity index (χ0n) is 18.6. The summed E-state index contributed by atoms with van der Waals surface area (Å²) in [7, 11) is 0. The minimum absolute atomic E-state index is 0.0141. The van der Waals surface area contributed by atoms with Gasteiger partial charge < -0.3 is 9.72 Å². The molecule has 0 fully saturated rings. The highest BCUT2D eigenvalue weighted by molar-refractivity contribution is 5.97. The van der Waals surface area contributed by atoms with Crippen molar-refractivity contribution in [2.24, 2.45) is 0 Å². The molecule has 0 amide bonds. The van der Waals surface area contributed by atoms with Gasteiger partial charge in [0.25, 0.3) is 5.56 Å². The average Bonchev–Trinajstić information content (AvgIpc) is 3.14. The minimum atomic E-state index is -4.71. The first-order chi connectivity index (χ1) is 16.8. The zero-order chi connectivity index (χ0) is 26.4. The molecule has 0 bridgehead atoms. The molecule has 1 N–H and O–H groups in total. The van der Waals surface area contributed by atoms with E-state index in [9.17, 15) is 35.9 Å². The van der Waals surface area contributed by atoms with Gasteiger partial charge in [-0.05, 0) is 43.7 Å². The van der Waals surface area contributed by atoms with Crippen LogP contribution in [0.3, 0.4) is 0 Å². The van der Waals surface area contributed by atoms with Gasteiger partial charge in [-0.1, -0.05) is 12.1 Å². The van der Waals surface area contributed by atoms with E-state index in [-0.39, 0.29) is 40.3 Å². The van der Waals surface area contributed by atoms with Crippen molar-refractivity contribution in [3.8, 4) is 22.4 Å². The van der Waals surface area contributed by atoms with Crippen LogP contribution in [0.1, 0.15) is 34.2 Å². The highest BCUT2D eigenvalue weighted by atomic mass is 19.4. The summed E-state index contributed by atoms with van der Waals surface area (Å²) in [6.45, 7) is 2.93. The highest BCUT2D eigenvalue weighted by Crippen LogP contribution is 2.34. The zero-order valence-corrected chi connectivity index (χ0v) is 18.6. The fourth-order valence-electron chi connectivity index (χ4n) is 3.67. The van der Waals surface area contributed by atoms with E-state index in [1.165, 1.54) is 26.0 Å². The van der Waals surface area contributed by atoms with Crippen molar-refractivity contribution >= 4 is 11.6 Å². The van der Waals surface area contributed by atoms with Gasteiger partial charge in [0, 0.05) is 17.3 Å². The number of halogens is 6. The number of fused-ring (bicyclic) bond motifs is 1. The molecule has 36 heavy (non-hydrogen) atoms. The summed E-state index contributed by atoms with van der Waals surface area (Å²) in [6, 6.07) is 5.84. The second-order valence-electron chi connectivity index (χ2n) is 7.63. The second-order valence-corrected chi connectivity index (χ2v) is 7.63. The number of nitrogens with one attached hydrogen (secondary N) is 1. The third-order valence-electron chi connectivity index (χ3n) is 5.28. The fourth-order valence-corrected chi connectivity index (χ4v) is 3.67. The number of nitrogens with zero attached hydrogens (tertiary/aromatic N) is 3. The molecular weight excluding hydrogens is 494 g/mol. The maximum Gasteiger partial charge on any atom is 0.433 e. The molecule has 13 heteroatoms. The summed E-state index contributed by atoms with van der Waals surface area (Å²) in [6.07, 6.45) is -8.42. The molecule has 0 atom stereocenters. The third kappa shape index (κ3) is 4.43. The predicted octanol–water partition coefficient (Wildman–Crippen LogP) is 5.27. The molecule has 3 heterocycles.